The van der Waals surface area contributed by atoms with Gasteiger partial charge in [-0.05, 0) is 37.8 Å². The normalized spacial score (nSPS) is 27.2. The molecule has 1 aliphatic carbocycles. The van der Waals surface area contributed by atoms with E-state index in [2.05, 4.69) is 0 Å². The highest BCUT2D eigenvalue weighted by Gasteiger charge is 2.41. The van der Waals surface area contributed by atoms with Crippen molar-refractivity contribution in [2.24, 2.45) is 5.92 Å². The van der Waals surface area contributed by atoms with Gasteiger partial charge in [0.15, 0.2) is 5.76 Å². The predicted octanol–water partition coefficient (Wildman–Crippen LogP) is 3.59. The highest BCUT2D eigenvalue weighted by molar-refractivity contribution is 5.95. The van der Waals surface area contributed by atoms with E-state index in [9.17, 15) is 4.79 Å². The van der Waals surface area contributed by atoms with Crippen molar-refractivity contribution in [2.75, 3.05) is 6.61 Å². The van der Waals surface area contributed by atoms with Crippen LogP contribution in [-0.4, -0.2) is 18.0 Å². The predicted molar refractivity (Wildman–Crippen MR) is 67.5 cm³/mol. The number of Topliss-reactive ketones (excluding diaryl/α,β-unsaturated/α-hetero) is 1. The van der Waals surface area contributed by atoms with Gasteiger partial charge in [0.2, 0.25) is 5.78 Å². The summed E-state index contributed by atoms with van der Waals surface area (Å²) >= 11 is 0. The van der Waals surface area contributed by atoms with Crippen LogP contribution >= 0.6 is 0 Å². The molecule has 1 atom stereocenters. The minimum atomic E-state index is -0.0105. The summed E-state index contributed by atoms with van der Waals surface area (Å²) in [5.41, 5.74) is -0.0105. The van der Waals surface area contributed by atoms with Crippen LogP contribution in [0.25, 0.3) is 0 Å². The maximum absolute atomic E-state index is 12.3. The van der Waals surface area contributed by atoms with Gasteiger partial charge in [0.05, 0.1) is 11.9 Å². The van der Waals surface area contributed by atoms with Gasteiger partial charge >= 0.3 is 0 Å². The van der Waals surface area contributed by atoms with Crippen molar-refractivity contribution in [3.8, 4) is 0 Å². The van der Waals surface area contributed by atoms with Crippen molar-refractivity contribution in [1.29, 1.82) is 0 Å². The molecular formula is C15H20O3. The summed E-state index contributed by atoms with van der Waals surface area (Å²) in [6, 6.07) is 3.55. The first-order chi connectivity index (χ1) is 8.79. The number of rotatable bonds is 2. The number of carbonyl (C=O) groups excluding carboxylic acids is 1. The van der Waals surface area contributed by atoms with Gasteiger partial charge in [0.1, 0.15) is 0 Å². The third kappa shape index (κ3) is 2.24. The third-order valence-electron chi connectivity index (χ3n) is 4.39. The summed E-state index contributed by atoms with van der Waals surface area (Å²) in [5.74, 6) is 0.754. The van der Waals surface area contributed by atoms with Crippen molar-refractivity contribution in [2.45, 2.75) is 50.5 Å². The fourth-order valence-electron chi connectivity index (χ4n) is 3.42. The fourth-order valence-corrected chi connectivity index (χ4v) is 3.42. The molecular weight excluding hydrogens is 228 g/mol. The SMILES string of the molecule is O=C(c1ccco1)C1CCOC2(CCCCC2)C1. The lowest BCUT2D eigenvalue weighted by molar-refractivity contribution is -0.111. The number of hydrogen-bond donors (Lipinski definition) is 0. The zero-order valence-electron chi connectivity index (χ0n) is 10.7. The monoisotopic (exact) mass is 248 g/mol. The molecule has 98 valence electrons. The van der Waals surface area contributed by atoms with Crippen molar-refractivity contribution in [3.05, 3.63) is 24.2 Å². The van der Waals surface area contributed by atoms with Gasteiger partial charge in [-0.3, -0.25) is 4.79 Å². The maximum atomic E-state index is 12.3. The second-order valence-corrected chi connectivity index (χ2v) is 5.62. The minimum Gasteiger partial charge on any atom is -0.461 e. The lowest BCUT2D eigenvalue weighted by Crippen LogP contribution is -2.43. The lowest BCUT2D eigenvalue weighted by Gasteiger charge is -2.43. The van der Waals surface area contributed by atoms with E-state index in [1.165, 1.54) is 19.3 Å². The molecule has 3 nitrogen and oxygen atoms in total. The first kappa shape index (κ1) is 12.0. The highest BCUT2D eigenvalue weighted by atomic mass is 16.5. The summed E-state index contributed by atoms with van der Waals surface area (Å²) < 4.78 is 11.3. The van der Waals surface area contributed by atoms with E-state index in [0.29, 0.717) is 5.76 Å². The maximum Gasteiger partial charge on any atom is 0.201 e. The molecule has 1 aliphatic heterocycles. The zero-order chi connectivity index (χ0) is 12.4. The van der Waals surface area contributed by atoms with E-state index in [4.69, 9.17) is 9.15 Å². The van der Waals surface area contributed by atoms with Crippen LogP contribution in [0.1, 0.15) is 55.5 Å². The van der Waals surface area contributed by atoms with Gasteiger partial charge < -0.3 is 9.15 Å². The summed E-state index contributed by atoms with van der Waals surface area (Å²) in [4.78, 5) is 12.3. The van der Waals surface area contributed by atoms with Gasteiger partial charge in [0, 0.05) is 12.5 Å². The van der Waals surface area contributed by atoms with E-state index in [1.54, 1.807) is 18.4 Å². The van der Waals surface area contributed by atoms with Crippen molar-refractivity contribution < 1.29 is 13.9 Å². The second kappa shape index (κ2) is 4.88. The quantitative estimate of drug-likeness (QED) is 0.751. The molecule has 0 radical (unpaired) electrons. The summed E-state index contributed by atoms with van der Waals surface area (Å²) in [6.07, 6.45) is 9.31. The topological polar surface area (TPSA) is 39.4 Å². The molecule has 3 rings (SSSR count). The molecule has 1 spiro atoms. The summed E-state index contributed by atoms with van der Waals surface area (Å²) in [7, 11) is 0. The third-order valence-corrected chi connectivity index (χ3v) is 4.39. The standard InChI is InChI=1S/C15H20O3/c16-14(13-5-4-9-17-13)12-6-10-18-15(11-12)7-2-1-3-8-15/h4-5,9,12H,1-3,6-8,10-11H2. The van der Waals surface area contributed by atoms with Crippen LogP contribution in [0.3, 0.4) is 0 Å². The molecule has 1 unspecified atom stereocenters. The van der Waals surface area contributed by atoms with E-state index in [0.717, 1.165) is 32.3 Å². The van der Waals surface area contributed by atoms with Crippen molar-refractivity contribution in [3.63, 3.8) is 0 Å². The Labute approximate surface area is 108 Å². The molecule has 2 aliphatic rings. The number of furan rings is 1. The molecule has 1 saturated carbocycles. The van der Waals surface area contributed by atoms with Crippen molar-refractivity contribution >= 4 is 5.78 Å². The molecule has 18 heavy (non-hydrogen) atoms. The largest absolute Gasteiger partial charge is 0.461 e. The second-order valence-electron chi connectivity index (χ2n) is 5.62. The Balaban J connectivity index is 1.72. The van der Waals surface area contributed by atoms with Gasteiger partial charge in [-0.25, -0.2) is 0 Å². The van der Waals surface area contributed by atoms with Gasteiger partial charge in [-0.1, -0.05) is 19.3 Å². The smallest absolute Gasteiger partial charge is 0.201 e. The average Bonchev–Trinajstić information content (AvgIpc) is 2.93. The number of ether oxygens (including phenoxy) is 1. The summed E-state index contributed by atoms with van der Waals surface area (Å²) in [6.45, 7) is 0.719. The van der Waals surface area contributed by atoms with E-state index < -0.39 is 0 Å². The molecule has 1 aromatic heterocycles. The number of carbonyl (C=O) groups is 1. The van der Waals surface area contributed by atoms with E-state index in [-0.39, 0.29) is 17.3 Å². The van der Waals surface area contributed by atoms with Crippen LogP contribution in [0.15, 0.2) is 22.8 Å². The Kier molecular flexibility index (Phi) is 3.25. The van der Waals surface area contributed by atoms with Crippen LogP contribution in [0, 0.1) is 5.92 Å². The van der Waals surface area contributed by atoms with E-state index in [1.807, 2.05) is 0 Å². The van der Waals surface area contributed by atoms with Crippen LogP contribution < -0.4 is 0 Å². The Morgan fingerprint density at radius 1 is 1.28 bits per heavy atom. The average molecular weight is 248 g/mol. The Morgan fingerprint density at radius 2 is 2.11 bits per heavy atom. The molecule has 1 aromatic rings. The molecule has 1 saturated heterocycles. The molecule has 0 N–H and O–H groups in total. The van der Waals surface area contributed by atoms with Gasteiger partial charge in [-0.2, -0.15) is 0 Å². The van der Waals surface area contributed by atoms with E-state index >= 15 is 0 Å². The zero-order valence-corrected chi connectivity index (χ0v) is 10.7. The minimum absolute atomic E-state index is 0.0105. The van der Waals surface area contributed by atoms with Crippen LogP contribution in [0.5, 0.6) is 0 Å². The molecule has 3 heteroatoms. The van der Waals surface area contributed by atoms with Crippen LogP contribution in [0.4, 0.5) is 0 Å². The van der Waals surface area contributed by atoms with Gasteiger partial charge in [0.25, 0.3) is 0 Å². The first-order valence-corrected chi connectivity index (χ1v) is 7.01. The van der Waals surface area contributed by atoms with Crippen LogP contribution in [0.2, 0.25) is 0 Å². The summed E-state index contributed by atoms with van der Waals surface area (Å²) in [5, 5.41) is 0. The molecule has 0 aromatic carbocycles. The molecule has 0 amide bonds. The first-order valence-electron chi connectivity index (χ1n) is 7.01. The number of hydrogen-bond acceptors (Lipinski definition) is 3. The Morgan fingerprint density at radius 3 is 2.83 bits per heavy atom. The molecule has 2 heterocycles. The fraction of sp³-hybridized carbons (Fsp3) is 0.667. The van der Waals surface area contributed by atoms with Gasteiger partial charge in [-0.15, -0.1) is 0 Å². The molecule has 0 bridgehead atoms. The van der Waals surface area contributed by atoms with Crippen molar-refractivity contribution in [1.82, 2.24) is 0 Å². The number of ketones is 1. The van der Waals surface area contributed by atoms with Crippen LogP contribution in [-0.2, 0) is 4.74 Å². The lowest BCUT2D eigenvalue weighted by atomic mass is 9.75. The Hall–Kier alpha value is -1.09. The Bertz CT molecular complexity index is 396. The highest BCUT2D eigenvalue weighted by Crippen LogP contribution is 2.41. The molecule has 2 fully saturated rings.